The average molecular weight is 398 g/mol. The maximum atomic E-state index is 12.4. The molecule has 4 rings (SSSR count). The van der Waals surface area contributed by atoms with Gasteiger partial charge in [0.15, 0.2) is 11.6 Å². The first kappa shape index (κ1) is 18.9. The highest BCUT2D eigenvalue weighted by Gasteiger charge is 2.21. The zero-order valence-corrected chi connectivity index (χ0v) is 17.0. The van der Waals surface area contributed by atoms with Crippen LogP contribution in [0.3, 0.4) is 0 Å². The third kappa shape index (κ3) is 4.70. The molecule has 2 aromatic heterocycles. The van der Waals surface area contributed by atoms with Crippen LogP contribution in [0, 0.1) is 0 Å². The molecule has 28 heavy (non-hydrogen) atoms. The minimum absolute atomic E-state index is 0.0793. The first-order valence-electron chi connectivity index (χ1n) is 10.1. The number of hydrogen-bond acceptors (Lipinski definition) is 6. The fraction of sp³-hybridized carbons (Fsp3) is 0.476. The van der Waals surface area contributed by atoms with Crippen LogP contribution in [-0.4, -0.2) is 60.3 Å². The van der Waals surface area contributed by atoms with Gasteiger partial charge < -0.3 is 14.7 Å². The summed E-state index contributed by atoms with van der Waals surface area (Å²) in [6, 6.07) is 8.17. The van der Waals surface area contributed by atoms with Crippen molar-refractivity contribution in [3.63, 3.8) is 0 Å². The van der Waals surface area contributed by atoms with Gasteiger partial charge in [0.05, 0.1) is 0 Å². The third-order valence-electron chi connectivity index (χ3n) is 5.42. The Hall–Kier alpha value is -2.41. The van der Waals surface area contributed by atoms with E-state index in [1.54, 1.807) is 17.4 Å². The fourth-order valence-electron chi connectivity index (χ4n) is 3.76. The lowest BCUT2D eigenvalue weighted by molar-refractivity contribution is -0.126. The minimum Gasteiger partial charge on any atom is -0.355 e. The molecule has 0 saturated carbocycles. The summed E-state index contributed by atoms with van der Waals surface area (Å²) in [5.74, 6) is 1.97. The number of carbonyl (C=O) groups is 1. The Bertz CT molecular complexity index is 774. The van der Waals surface area contributed by atoms with E-state index in [1.165, 1.54) is 25.7 Å². The van der Waals surface area contributed by atoms with Gasteiger partial charge in [-0.25, -0.2) is 0 Å². The molecule has 2 aliphatic heterocycles. The van der Waals surface area contributed by atoms with Gasteiger partial charge in [0.2, 0.25) is 5.91 Å². The number of piperazine rings is 1. The van der Waals surface area contributed by atoms with Gasteiger partial charge in [-0.2, -0.15) is 0 Å². The summed E-state index contributed by atoms with van der Waals surface area (Å²) in [4.78, 5) is 19.9. The second-order valence-electron chi connectivity index (χ2n) is 7.31. The summed E-state index contributed by atoms with van der Waals surface area (Å²) in [5.41, 5.74) is 0. The Balaban J connectivity index is 1.30. The summed E-state index contributed by atoms with van der Waals surface area (Å²) in [6.45, 7) is 5.15. The van der Waals surface area contributed by atoms with Crippen molar-refractivity contribution < 1.29 is 4.79 Å². The molecule has 4 heterocycles. The summed E-state index contributed by atoms with van der Waals surface area (Å²) in [5, 5.41) is 11.0. The summed E-state index contributed by atoms with van der Waals surface area (Å²) < 4.78 is 0. The molecule has 2 aromatic rings. The van der Waals surface area contributed by atoms with Crippen molar-refractivity contribution in [3.05, 3.63) is 40.6 Å². The fourth-order valence-corrected chi connectivity index (χ4v) is 4.37. The lowest BCUT2D eigenvalue weighted by Gasteiger charge is -2.34. The van der Waals surface area contributed by atoms with Gasteiger partial charge in [0, 0.05) is 50.2 Å². The molecule has 0 spiro atoms. The van der Waals surface area contributed by atoms with Gasteiger partial charge in [-0.1, -0.05) is 18.9 Å². The normalized spacial score (nSPS) is 18.5. The molecule has 0 aromatic carbocycles. The average Bonchev–Trinajstić information content (AvgIpc) is 3.12. The smallest absolute Gasteiger partial charge is 0.246 e. The standard InChI is InChI=1S/C21H27N5OS/c27-21(10-7-18-6-5-17-28-18)26-15-13-25(14-16-26)20-9-8-19(22-23-20)24-11-3-1-2-4-12-24/h5-10,17H,1-4,11-16H2/b10-7+. The zero-order chi connectivity index (χ0) is 19.2. The molecule has 0 bridgehead atoms. The summed E-state index contributed by atoms with van der Waals surface area (Å²) in [7, 11) is 0. The maximum Gasteiger partial charge on any atom is 0.246 e. The highest BCUT2D eigenvalue weighted by atomic mass is 32.1. The Morgan fingerprint density at radius 2 is 1.50 bits per heavy atom. The second-order valence-corrected chi connectivity index (χ2v) is 8.29. The van der Waals surface area contributed by atoms with Crippen LogP contribution < -0.4 is 9.80 Å². The van der Waals surface area contributed by atoms with E-state index in [9.17, 15) is 4.79 Å². The lowest BCUT2D eigenvalue weighted by Crippen LogP contribution is -2.48. The number of nitrogens with zero attached hydrogens (tertiary/aromatic N) is 5. The van der Waals surface area contributed by atoms with Crippen molar-refractivity contribution >= 4 is 35.0 Å². The van der Waals surface area contributed by atoms with Gasteiger partial charge in [0.1, 0.15) is 0 Å². The van der Waals surface area contributed by atoms with Crippen molar-refractivity contribution in [3.8, 4) is 0 Å². The predicted molar refractivity (Wildman–Crippen MR) is 115 cm³/mol. The molecule has 2 fully saturated rings. The molecular formula is C21H27N5OS. The monoisotopic (exact) mass is 397 g/mol. The van der Waals surface area contributed by atoms with E-state index in [0.29, 0.717) is 13.1 Å². The van der Waals surface area contributed by atoms with E-state index in [-0.39, 0.29) is 5.91 Å². The molecule has 0 aliphatic carbocycles. The molecule has 0 atom stereocenters. The molecule has 7 heteroatoms. The number of amides is 1. The van der Waals surface area contributed by atoms with Crippen LogP contribution in [0.15, 0.2) is 35.7 Å². The zero-order valence-electron chi connectivity index (χ0n) is 16.2. The van der Waals surface area contributed by atoms with Crippen molar-refractivity contribution in [2.75, 3.05) is 49.1 Å². The molecule has 0 radical (unpaired) electrons. The molecule has 2 aliphatic rings. The van der Waals surface area contributed by atoms with E-state index in [2.05, 4.69) is 32.1 Å². The van der Waals surface area contributed by atoms with Gasteiger partial charge in [-0.3, -0.25) is 4.79 Å². The Morgan fingerprint density at radius 3 is 2.07 bits per heavy atom. The molecule has 6 nitrogen and oxygen atoms in total. The molecule has 0 unspecified atom stereocenters. The van der Waals surface area contributed by atoms with E-state index in [4.69, 9.17) is 0 Å². The van der Waals surface area contributed by atoms with E-state index in [1.807, 2.05) is 28.5 Å². The maximum absolute atomic E-state index is 12.4. The first-order valence-corrected chi connectivity index (χ1v) is 11.0. The van der Waals surface area contributed by atoms with E-state index >= 15 is 0 Å². The number of rotatable bonds is 4. The summed E-state index contributed by atoms with van der Waals surface area (Å²) in [6.07, 6.45) is 8.67. The Kier molecular flexibility index (Phi) is 6.21. The van der Waals surface area contributed by atoms with E-state index < -0.39 is 0 Å². The SMILES string of the molecule is O=C(/C=C/c1cccs1)N1CCN(c2ccc(N3CCCCCC3)nn2)CC1. The minimum atomic E-state index is 0.0793. The molecule has 1 amide bonds. The third-order valence-corrected chi connectivity index (χ3v) is 6.25. The van der Waals surface area contributed by atoms with Gasteiger partial charge in [-0.05, 0) is 42.5 Å². The highest BCUT2D eigenvalue weighted by Crippen LogP contribution is 2.20. The second kappa shape index (κ2) is 9.19. The molecule has 2 saturated heterocycles. The number of aromatic nitrogens is 2. The largest absolute Gasteiger partial charge is 0.355 e. The molecule has 0 N–H and O–H groups in total. The van der Waals surface area contributed by atoms with Crippen LogP contribution in [0.25, 0.3) is 6.08 Å². The number of carbonyl (C=O) groups excluding carboxylic acids is 1. The molecular weight excluding hydrogens is 370 g/mol. The number of anilines is 2. The van der Waals surface area contributed by atoms with Crippen LogP contribution in [0.5, 0.6) is 0 Å². The van der Waals surface area contributed by atoms with Crippen molar-refractivity contribution in [2.24, 2.45) is 0 Å². The quantitative estimate of drug-likeness (QED) is 0.741. The topological polar surface area (TPSA) is 52.6 Å². The van der Waals surface area contributed by atoms with Crippen molar-refractivity contribution in [2.45, 2.75) is 25.7 Å². The van der Waals surface area contributed by atoms with Crippen LogP contribution in [0.4, 0.5) is 11.6 Å². The number of hydrogen-bond donors (Lipinski definition) is 0. The lowest BCUT2D eigenvalue weighted by atomic mass is 10.2. The van der Waals surface area contributed by atoms with Crippen LogP contribution in [0.1, 0.15) is 30.6 Å². The van der Waals surface area contributed by atoms with Crippen LogP contribution in [-0.2, 0) is 4.79 Å². The van der Waals surface area contributed by atoms with Gasteiger partial charge in [0.25, 0.3) is 0 Å². The Morgan fingerprint density at radius 1 is 0.857 bits per heavy atom. The van der Waals surface area contributed by atoms with Crippen molar-refractivity contribution in [1.82, 2.24) is 15.1 Å². The first-order chi connectivity index (χ1) is 13.8. The summed E-state index contributed by atoms with van der Waals surface area (Å²) >= 11 is 1.64. The van der Waals surface area contributed by atoms with Gasteiger partial charge in [-0.15, -0.1) is 21.5 Å². The number of thiophene rings is 1. The van der Waals surface area contributed by atoms with E-state index in [0.717, 1.165) is 42.7 Å². The Labute approximate surface area is 170 Å². The van der Waals surface area contributed by atoms with Gasteiger partial charge >= 0.3 is 0 Å². The van der Waals surface area contributed by atoms with Crippen molar-refractivity contribution in [1.29, 1.82) is 0 Å². The highest BCUT2D eigenvalue weighted by molar-refractivity contribution is 7.10. The van der Waals surface area contributed by atoms with Crippen LogP contribution >= 0.6 is 11.3 Å². The van der Waals surface area contributed by atoms with Crippen LogP contribution in [0.2, 0.25) is 0 Å². The predicted octanol–water partition coefficient (Wildman–Crippen LogP) is 3.28. The molecule has 148 valence electrons.